The van der Waals surface area contributed by atoms with Crippen LogP contribution in [0.4, 0.5) is 0 Å². The minimum Gasteiger partial charge on any atom is -0.325 e. The molecule has 0 aliphatic rings. The minimum absolute atomic E-state index is 0.499. The highest BCUT2D eigenvalue weighted by molar-refractivity contribution is 5.17. The Bertz CT molecular complexity index is 496. The first-order valence-corrected chi connectivity index (χ1v) is 6.72. The molecule has 0 radical (unpaired) electrons. The van der Waals surface area contributed by atoms with Gasteiger partial charge in [-0.3, -0.25) is 9.88 Å². The minimum atomic E-state index is 0.499. The summed E-state index contributed by atoms with van der Waals surface area (Å²) in [5.41, 5.74) is 9.20. The first-order chi connectivity index (χ1) is 9.31. The van der Waals surface area contributed by atoms with Gasteiger partial charge >= 0.3 is 0 Å². The molecule has 0 atom stereocenters. The van der Waals surface area contributed by atoms with E-state index in [0.29, 0.717) is 6.54 Å². The molecule has 100 valence electrons. The van der Waals surface area contributed by atoms with E-state index in [1.165, 1.54) is 11.1 Å². The molecule has 0 aliphatic carbocycles. The van der Waals surface area contributed by atoms with Crippen molar-refractivity contribution in [3.8, 4) is 0 Å². The van der Waals surface area contributed by atoms with E-state index in [0.717, 1.165) is 25.3 Å². The van der Waals surface area contributed by atoms with Crippen molar-refractivity contribution >= 4 is 0 Å². The van der Waals surface area contributed by atoms with Crippen LogP contribution in [0.15, 0.2) is 48.7 Å². The molecule has 2 rings (SSSR count). The Morgan fingerprint density at radius 3 is 2.47 bits per heavy atom. The maximum atomic E-state index is 5.63. The highest BCUT2D eigenvalue weighted by Gasteiger charge is 2.05. The van der Waals surface area contributed by atoms with E-state index in [-0.39, 0.29) is 0 Å². The maximum absolute atomic E-state index is 5.63. The second-order valence-corrected chi connectivity index (χ2v) is 4.65. The molecule has 3 heteroatoms. The number of hydrogen-bond donors (Lipinski definition) is 1. The van der Waals surface area contributed by atoms with E-state index < -0.39 is 0 Å². The van der Waals surface area contributed by atoms with Gasteiger partial charge in [0.25, 0.3) is 0 Å². The molecular weight excluding hydrogens is 234 g/mol. The number of pyridine rings is 1. The number of nitrogens with zero attached hydrogens (tertiary/aromatic N) is 2. The molecule has 2 N–H and O–H groups in total. The van der Waals surface area contributed by atoms with Gasteiger partial charge < -0.3 is 5.73 Å². The first-order valence-electron chi connectivity index (χ1n) is 6.72. The maximum Gasteiger partial charge on any atom is 0.0542 e. The summed E-state index contributed by atoms with van der Waals surface area (Å²) in [7, 11) is 0. The quantitative estimate of drug-likeness (QED) is 0.862. The van der Waals surface area contributed by atoms with Gasteiger partial charge in [0.2, 0.25) is 0 Å². The molecule has 0 bridgehead atoms. The van der Waals surface area contributed by atoms with Crippen LogP contribution in [0.1, 0.15) is 23.7 Å². The van der Waals surface area contributed by atoms with Crippen molar-refractivity contribution in [3.05, 3.63) is 65.5 Å². The fourth-order valence-corrected chi connectivity index (χ4v) is 2.12. The van der Waals surface area contributed by atoms with Crippen LogP contribution in [0.3, 0.4) is 0 Å². The molecule has 3 nitrogen and oxygen atoms in total. The van der Waals surface area contributed by atoms with Gasteiger partial charge in [-0.2, -0.15) is 0 Å². The molecule has 0 unspecified atom stereocenters. The van der Waals surface area contributed by atoms with E-state index in [2.05, 4.69) is 59.3 Å². The fraction of sp³-hybridized carbons (Fsp3) is 0.312. The average Bonchev–Trinajstić information content (AvgIpc) is 2.48. The van der Waals surface area contributed by atoms with Crippen molar-refractivity contribution in [3.63, 3.8) is 0 Å². The Labute approximate surface area is 115 Å². The van der Waals surface area contributed by atoms with Gasteiger partial charge in [-0.25, -0.2) is 0 Å². The van der Waals surface area contributed by atoms with Gasteiger partial charge in [-0.15, -0.1) is 0 Å². The standard InChI is InChI=1S/C16H21N3/c1-2-19(12-14-6-4-3-5-7-14)13-15-8-9-18-16(10-15)11-17/h3-10H,2,11-13,17H2,1H3. The number of hydrogen-bond acceptors (Lipinski definition) is 3. The summed E-state index contributed by atoms with van der Waals surface area (Å²) in [5.74, 6) is 0. The Morgan fingerprint density at radius 2 is 1.79 bits per heavy atom. The Hall–Kier alpha value is -1.71. The van der Waals surface area contributed by atoms with Crippen LogP contribution in [0.25, 0.3) is 0 Å². The first kappa shape index (κ1) is 13.7. The molecule has 0 saturated carbocycles. The van der Waals surface area contributed by atoms with Crippen molar-refractivity contribution in [1.29, 1.82) is 0 Å². The van der Waals surface area contributed by atoms with Gasteiger partial charge in [-0.1, -0.05) is 37.3 Å². The van der Waals surface area contributed by atoms with E-state index >= 15 is 0 Å². The zero-order valence-corrected chi connectivity index (χ0v) is 11.4. The highest BCUT2D eigenvalue weighted by atomic mass is 15.1. The van der Waals surface area contributed by atoms with E-state index in [1.54, 1.807) is 0 Å². The molecule has 19 heavy (non-hydrogen) atoms. The van der Waals surface area contributed by atoms with Crippen molar-refractivity contribution in [2.75, 3.05) is 6.54 Å². The molecule has 0 spiro atoms. The number of rotatable bonds is 6. The smallest absolute Gasteiger partial charge is 0.0542 e. The van der Waals surface area contributed by atoms with E-state index in [9.17, 15) is 0 Å². The van der Waals surface area contributed by atoms with Gasteiger partial charge in [0.05, 0.1) is 5.69 Å². The average molecular weight is 255 g/mol. The second-order valence-electron chi connectivity index (χ2n) is 4.65. The molecule has 1 heterocycles. The molecule has 1 aromatic heterocycles. The third kappa shape index (κ3) is 4.16. The zero-order chi connectivity index (χ0) is 13.5. The van der Waals surface area contributed by atoms with Crippen LogP contribution in [0, 0.1) is 0 Å². The normalized spacial score (nSPS) is 10.9. The second kappa shape index (κ2) is 7.02. The van der Waals surface area contributed by atoms with Crippen LogP contribution in [0.5, 0.6) is 0 Å². The summed E-state index contributed by atoms with van der Waals surface area (Å²) >= 11 is 0. The monoisotopic (exact) mass is 255 g/mol. The van der Waals surface area contributed by atoms with Crippen LogP contribution < -0.4 is 5.73 Å². The third-order valence-corrected chi connectivity index (χ3v) is 3.19. The lowest BCUT2D eigenvalue weighted by Crippen LogP contribution is -2.22. The Balaban J connectivity index is 2.02. The number of aromatic nitrogens is 1. The summed E-state index contributed by atoms with van der Waals surface area (Å²) < 4.78 is 0. The van der Waals surface area contributed by atoms with Crippen LogP contribution in [-0.2, 0) is 19.6 Å². The highest BCUT2D eigenvalue weighted by Crippen LogP contribution is 2.10. The van der Waals surface area contributed by atoms with Crippen LogP contribution in [-0.4, -0.2) is 16.4 Å². The van der Waals surface area contributed by atoms with Crippen molar-refractivity contribution < 1.29 is 0 Å². The summed E-state index contributed by atoms with van der Waals surface area (Å²) in [4.78, 5) is 6.64. The summed E-state index contributed by atoms with van der Waals surface area (Å²) in [5, 5.41) is 0. The van der Waals surface area contributed by atoms with Crippen LogP contribution >= 0.6 is 0 Å². The predicted octanol–water partition coefficient (Wildman–Crippen LogP) is 2.56. The van der Waals surface area contributed by atoms with Gasteiger partial charge in [0, 0.05) is 25.8 Å². The summed E-state index contributed by atoms with van der Waals surface area (Å²) in [6.07, 6.45) is 1.84. The van der Waals surface area contributed by atoms with Gasteiger partial charge in [0.1, 0.15) is 0 Å². The lowest BCUT2D eigenvalue weighted by molar-refractivity contribution is 0.271. The van der Waals surface area contributed by atoms with Gasteiger partial charge in [-0.05, 0) is 29.8 Å². The van der Waals surface area contributed by atoms with Crippen LogP contribution in [0.2, 0.25) is 0 Å². The SMILES string of the molecule is CCN(Cc1ccccc1)Cc1ccnc(CN)c1. The molecule has 0 amide bonds. The Morgan fingerprint density at radius 1 is 1.05 bits per heavy atom. The zero-order valence-electron chi connectivity index (χ0n) is 11.4. The molecule has 1 aromatic carbocycles. The molecule has 2 aromatic rings. The fourth-order valence-electron chi connectivity index (χ4n) is 2.12. The molecule has 0 saturated heterocycles. The molecule has 0 aliphatic heterocycles. The lowest BCUT2D eigenvalue weighted by atomic mass is 10.1. The van der Waals surface area contributed by atoms with E-state index in [1.807, 2.05) is 6.20 Å². The van der Waals surface area contributed by atoms with Gasteiger partial charge in [0.15, 0.2) is 0 Å². The topological polar surface area (TPSA) is 42.2 Å². The van der Waals surface area contributed by atoms with E-state index in [4.69, 9.17) is 5.73 Å². The summed E-state index contributed by atoms with van der Waals surface area (Å²) in [6, 6.07) is 14.7. The largest absolute Gasteiger partial charge is 0.325 e. The number of nitrogens with two attached hydrogens (primary N) is 1. The van der Waals surface area contributed by atoms with Crippen molar-refractivity contribution in [2.24, 2.45) is 5.73 Å². The number of benzene rings is 1. The summed E-state index contributed by atoms with van der Waals surface area (Å²) in [6.45, 7) is 5.61. The molecule has 0 fully saturated rings. The molecular formula is C16H21N3. The van der Waals surface area contributed by atoms with Crippen molar-refractivity contribution in [2.45, 2.75) is 26.6 Å². The Kier molecular flexibility index (Phi) is 5.07. The third-order valence-electron chi connectivity index (χ3n) is 3.19. The predicted molar refractivity (Wildman–Crippen MR) is 78.4 cm³/mol. The lowest BCUT2D eigenvalue weighted by Gasteiger charge is -2.20. The van der Waals surface area contributed by atoms with Crippen molar-refractivity contribution in [1.82, 2.24) is 9.88 Å².